The molecule has 4 aromatic heterocycles. The smallest absolute Gasteiger partial charge is 0.254 e. The van der Waals surface area contributed by atoms with Crippen LogP contribution < -0.4 is 5.32 Å². The summed E-state index contributed by atoms with van der Waals surface area (Å²) in [6.45, 7) is 0.752. The van der Waals surface area contributed by atoms with Crippen LogP contribution in [-0.2, 0) is 9.47 Å². The van der Waals surface area contributed by atoms with Gasteiger partial charge in [0.25, 0.3) is 5.95 Å². The van der Waals surface area contributed by atoms with Crippen LogP contribution in [0.3, 0.4) is 0 Å². The Hall–Kier alpha value is -4.01. The maximum absolute atomic E-state index is 10.6. The van der Waals surface area contributed by atoms with E-state index in [1.165, 1.54) is 10.9 Å². The van der Waals surface area contributed by atoms with Crippen molar-refractivity contribution in [3.05, 3.63) is 55.1 Å². The highest BCUT2D eigenvalue weighted by atomic mass is 16.6. The number of anilines is 1. The molecule has 5 atom stereocenters. The molecule has 4 N–H and O–H groups in total. The number of aliphatic hydroxyl groups excluding tert-OH is 3. The van der Waals surface area contributed by atoms with Gasteiger partial charge in [-0.25, -0.2) is 14.6 Å². The minimum absolute atomic E-state index is 0.0463. The van der Waals surface area contributed by atoms with Gasteiger partial charge in [-0.2, -0.15) is 15.1 Å². The molecule has 0 aliphatic carbocycles. The van der Waals surface area contributed by atoms with Crippen LogP contribution in [0.1, 0.15) is 12.6 Å². The molecule has 5 aromatic rings. The van der Waals surface area contributed by atoms with E-state index in [2.05, 4.69) is 15.4 Å². The van der Waals surface area contributed by atoms with Crippen molar-refractivity contribution in [1.82, 2.24) is 34.3 Å². The van der Waals surface area contributed by atoms with Crippen LogP contribution in [0.2, 0.25) is 0 Å². The Morgan fingerprint density at radius 1 is 1.05 bits per heavy atom. The van der Waals surface area contributed by atoms with E-state index >= 15 is 0 Å². The topological polar surface area (TPSA) is 165 Å². The minimum atomic E-state index is -1.28. The maximum Gasteiger partial charge on any atom is 0.254 e. The number of pyridine rings is 1. The molecule has 0 saturated carbocycles. The molecular weight excluding hydrogens is 504 g/mol. The Labute approximate surface area is 221 Å². The summed E-state index contributed by atoms with van der Waals surface area (Å²) in [5, 5.41) is 39.4. The highest BCUT2D eigenvalue weighted by Crippen LogP contribution is 2.33. The van der Waals surface area contributed by atoms with Crippen molar-refractivity contribution in [2.45, 2.75) is 37.0 Å². The summed E-state index contributed by atoms with van der Waals surface area (Å²) in [6, 6.07) is 11.9. The zero-order valence-electron chi connectivity index (χ0n) is 20.7. The molecule has 13 heteroatoms. The van der Waals surface area contributed by atoms with E-state index < -0.39 is 31.1 Å². The van der Waals surface area contributed by atoms with Gasteiger partial charge in [-0.05, 0) is 18.6 Å². The molecular formula is C26H26N8O5. The Balaban J connectivity index is 1.30. The van der Waals surface area contributed by atoms with Gasteiger partial charge in [0.05, 0.1) is 43.0 Å². The third kappa shape index (κ3) is 4.20. The number of rotatable bonds is 6. The third-order valence-electron chi connectivity index (χ3n) is 7.15. The lowest BCUT2D eigenvalue weighted by molar-refractivity contribution is -0.0511. The van der Waals surface area contributed by atoms with Gasteiger partial charge < -0.3 is 30.1 Å². The van der Waals surface area contributed by atoms with E-state index in [0.29, 0.717) is 30.2 Å². The van der Waals surface area contributed by atoms with Crippen LogP contribution in [0.15, 0.2) is 55.1 Å². The van der Waals surface area contributed by atoms with E-state index in [1.807, 2.05) is 36.4 Å². The number of fused-ring (bicyclic) bond motifs is 2. The standard InChI is InChI=1S/C26H26N8O5/c35-11-19-21(36)22(37)25(39-19)33-13-27-20-23(29-16-7-8-38-12-16)31-26(32-24(20)33)34-10-15(9-28-34)18-6-5-14-3-1-2-4-17(14)30-18/h1-6,9-10,13,16,19,21-22,25,35-37H,7-8,11-12H2,(H,29,31,32)/t16-,19?,21-,22-,25?/m1/s1. The molecule has 2 unspecified atom stereocenters. The summed E-state index contributed by atoms with van der Waals surface area (Å²) < 4.78 is 14.3. The predicted octanol–water partition coefficient (Wildman–Crippen LogP) is 1.04. The Morgan fingerprint density at radius 3 is 2.77 bits per heavy atom. The first-order valence-electron chi connectivity index (χ1n) is 12.7. The highest BCUT2D eigenvalue weighted by molar-refractivity contribution is 5.84. The molecule has 1 aromatic carbocycles. The van der Waals surface area contributed by atoms with Crippen LogP contribution in [0, 0.1) is 0 Å². The van der Waals surface area contributed by atoms with Crippen molar-refractivity contribution in [3.8, 4) is 17.2 Å². The first kappa shape index (κ1) is 24.1. The van der Waals surface area contributed by atoms with E-state index in [4.69, 9.17) is 24.4 Å². The molecule has 2 aliphatic rings. The largest absolute Gasteiger partial charge is 0.394 e. The molecule has 13 nitrogen and oxygen atoms in total. The van der Waals surface area contributed by atoms with Gasteiger partial charge in [-0.1, -0.05) is 24.3 Å². The van der Waals surface area contributed by atoms with Gasteiger partial charge >= 0.3 is 0 Å². The van der Waals surface area contributed by atoms with E-state index in [-0.39, 0.29) is 12.0 Å². The normalized spacial score (nSPS) is 25.2. The number of aliphatic hydroxyl groups is 3. The summed E-state index contributed by atoms with van der Waals surface area (Å²) in [5.74, 6) is 0.751. The van der Waals surface area contributed by atoms with Crippen molar-refractivity contribution < 1.29 is 24.8 Å². The van der Waals surface area contributed by atoms with E-state index in [9.17, 15) is 15.3 Å². The predicted molar refractivity (Wildman–Crippen MR) is 139 cm³/mol. The molecule has 200 valence electrons. The second-order valence-corrected chi connectivity index (χ2v) is 9.69. The second kappa shape index (κ2) is 9.63. The number of hydrogen-bond donors (Lipinski definition) is 4. The van der Waals surface area contributed by atoms with Gasteiger partial charge in [0.2, 0.25) is 0 Å². The first-order valence-corrected chi connectivity index (χ1v) is 12.7. The maximum atomic E-state index is 10.6. The summed E-state index contributed by atoms with van der Waals surface area (Å²) in [6.07, 6.45) is 1.33. The van der Waals surface area contributed by atoms with Crippen LogP contribution in [0.5, 0.6) is 0 Å². The molecule has 39 heavy (non-hydrogen) atoms. The summed E-state index contributed by atoms with van der Waals surface area (Å²) in [4.78, 5) is 18.7. The van der Waals surface area contributed by atoms with E-state index in [0.717, 1.165) is 28.6 Å². The summed E-state index contributed by atoms with van der Waals surface area (Å²) >= 11 is 0. The fourth-order valence-electron chi connectivity index (χ4n) is 5.04. The number of nitrogens with zero attached hydrogens (tertiary/aromatic N) is 7. The Bertz CT molecular complexity index is 1650. The SMILES string of the molecule is OCC1OC(n2cnc3c(N[C@@H]4CCOC4)nc(-n4cc(-c5ccc6ccccc6n5)cn4)nc32)[C@H](O)[C@@H]1O. The lowest BCUT2D eigenvalue weighted by Crippen LogP contribution is -2.33. The number of imidazole rings is 1. The van der Waals surface area contributed by atoms with Crippen molar-refractivity contribution in [2.75, 3.05) is 25.1 Å². The Morgan fingerprint density at radius 2 is 1.95 bits per heavy atom. The zero-order chi connectivity index (χ0) is 26.5. The quantitative estimate of drug-likeness (QED) is 0.248. The number of benzene rings is 1. The van der Waals surface area contributed by atoms with Gasteiger partial charge in [0.15, 0.2) is 23.2 Å². The van der Waals surface area contributed by atoms with Crippen LogP contribution in [0.25, 0.3) is 39.3 Å². The molecule has 2 fully saturated rings. The summed E-state index contributed by atoms with van der Waals surface area (Å²) in [7, 11) is 0. The second-order valence-electron chi connectivity index (χ2n) is 9.69. The van der Waals surface area contributed by atoms with E-state index in [1.54, 1.807) is 17.1 Å². The molecule has 6 heterocycles. The van der Waals surface area contributed by atoms with Gasteiger partial charge in [-0.15, -0.1) is 0 Å². The van der Waals surface area contributed by atoms with Crippen LogP contribution >= 0.6 is 0 Å². The number of aromatic nitrogens is 7. The third-order valence-corrected chi connectivity index (χ3v) is 7.15. The molecule has 0 spiro atoms. The zero-order valence-corrected chi connectivity index (χ0v) is 20.7. The molecule has 7 rings (SSSR count). The average molecular weight is 531 g/mol. The van der Waals surface area contributed by atoms with Crippen molar-refractivity contribution in [3.63, 3.8) is 0 Å². The van der Waals surface area contributed by atoms with Gasteiger partial charge in [-0.3, -0.25) is 4.57 Å². The number of nitrogens with one attached hydrogen (secondary N) is 1. The number of ether oxygens (including phenoxy) is 2. The molecule has 0 amide bonds. The van der Waals surface area contributed by atoms with Gasteiger partial charge in [0, 0.05) is 23.8 Å². The molecule has 2 aliphatic heterocycles. The fourth-order valence-corrected chi connectivity index (χ4v) is 5.04. The average Bonchev–Trinajstić information content (AvgIpc) is 3.77. The van der Waals surface area contributed by atoms with Crippen molar-refractivity contribution >= 4 is 27.9 Å². The van der Waals surface area contributed by atoms with Crippen molar-refractivity contribution in [1.29, 1.82) is 0 Å². The highest BCUT2D eigenvalue weighted by Gasteiger charge is 2.44. The van der Waals surface area contributed by atoms with Crippen molar-refractivity contribution in [2.24, 2.45) is 0 Å². The fraction of sp³-hybridized carbons (Fsp3) is 0.346. The monoisotopic (exact) mass is 530 g/mol. The number of hydrogen-bond acceptors (Lipinski definition) is 11. The van der Waals surface area contributed by atoms with Crippen LogP contribution in [-0.4, -0.2) is 93.8 Å². The van der Waals surface area contributed by atoms with Gasteiger partial charge in [0.1, 0.15) is 18.3 Å². The summed E-state index contributed by atoms with van der Waals surface area (Å²) in [5.41, 5.74) is 3.27. The lowest BCUT2D eigenvalue weighted by atomic mass is 10.1. The Kier molecular flexibility index (Phi) is 5.94. The molecule has 2 saturated heterocycles. The van der Waals surface area contributed by atoms with Crippen LogP contribution in [0.4, 0.5) is 5.82 Å². The molecule has 0 bridgehead atoms. The number of para-hydroxylation sites is 1. The lowest BCUT2D eigenvalue weighted by Gasteiger charge is -2.17. The first-order chi connectivity index (χ1) is 19.1. The molecule has 0 radical (unpaired) electrons. The minimum Gasteiger partial charge on any atom is -0.394 e.